The third-order valence-corrected chi connectivity index (χ3v) is 11.6. The maximum atomic E-state index is 12.1. The summed E-state index contributed by atoms with van der Waals surface area (Å²) in [6.07, 6.45) is 58.2. The van der Waals surface area contributed by atoms with Crippen LogP contribution in [-0.2, 0) is 19.1 Å². The fraction of sp³-hybridized carbons (Fsp3) is 0.922. The van der Waals surface area contributed by atoms with E-state index >= 15 is 0 Å². The van der Waals surface area contributed by atoms with E-state index in [0.29, 0.717) is 12.8 Å². The molecular weight excluding hydrogens is 693 g/mol. The topological polar surface area (TPSA) is 72.8 Å². The van der Waals surface area contributed by atoms with Crippen molar-refractivity contribution in [3.63, 3.8) is 0 Å². The number of aliphatic hydroxyl groups is 1. The Kier molecular flexibility index (Phi) is 46.8. The maximum absolute atomic E-state index is 12.1. The number of carbonyl (C=O) groups is 2. The molecule has 1 N–H and O–H groups in total. The van der Waals surface area contributed by atoms with Crippen LogP contribution >= 0.6 is 0 Å². The first kappa shape index (κ1) is 54.6. The van der Waals surface area contributed by atoms with E-state index in [4.69, 9.17) is 9.47 Å². The molecule has 0 saturated carbocycles. The Morgan fingerprint density at radius 1 is 0.393 bits per heavy atom. The van der Waals surface area contributed by atoms with Crippen LogP contribution < -0.4 is 0 Å². The first-order chi connectivity index (χ1) is 27.6. The van der Waals surface area contributed by atoms with Gasteiger partial charge in [-0.15, -0.1) is 0 Å². The number of unbranched alkanes of at least 4 members (excludes halogenated alkanes) is 37. The number of hydrogen-bond acceptors (Lipinski definition) is 5. The molecule has 56 heavy (non-hydrogen) atoms. The summed E-state index contributed by atoms with van der Waals surface area (Å²) in [5, 5.41) is 9.50. The molecule has 0 aromatic rings. The van der Waals surface area contributed by atoms with E-state index in [0.717, 1.165) is 38.5 Å². The van der Waals surface area contributed by atoms with E-state index in [9.17, 15) is 14.7 Å². The quantitative estimate of drug-likeness (QED) is 0.0378. The smallest absolute Gasteiger partial charge is 0.306 e. The SMILES string of the molecule is CCCCCCCCCC/C=C\CCCCCCCCCCCCCCCCCCCCCCCCCCCC(=O)OC(CO)COC(=O)CCCCCCC. The molecule has 5 nitrogen and oxygen atoms in total. The summed E-state index contributed by atoms with van der Waals surface area (Å²) in [7, 11) is 0. The minimum absolute atomic E-state index is 0.0607. The van der Waals surface area contributed by atoms with Gasteiger partial charge in [-0.25, -0.2) is 0 Å². The first-order valence-corrected chi connectivity index (χ1v) is 25.2. The molecule has 5 heteroatoms. The van der Waals surface area contributed by atoms with E-state index in [2.05, 4.69) is 26.0 Å². The Hall–Kier alpha value is -1.36. The number of rotatable bonds is 47. The van der Waals surface area contributed by atoms with Crippen LogP contribution in [0.5, 0.6) is 0 Å². The number of allylic oxidation sites excluding steroid dienone is 2. The lowest BCUT2D eigenvalue weighted by Crippen LogP contribution is -2.28. The van der Waals surface area contributed by atoms with Crippen LogP contribution in [0.4, 0.5) is 0 Å². The summed E-state index contributed by atoms with van der Waals surface area (Å²) in [6.45, 7) is 4.07. The molecule has 0 bridgehead atoms. The predicted molar refractivity (Wildman–Crippen MR) is 242 cm³/mol. The van der Waals surface area contributed by atoms with E-state index in [1.165, 1.54) is 218 Å². The lowest BCUT2D eigenvalue weighted by atomic mass is 10.0. The molecule has 332 valence electrons. The molecule has 0 aliphatic carbocycles. The largest absolute Gasteiger partial charge is 0.462 e. The summed E-state index contributed by atoms with van der Waals surface area (Å²) in [5.74, 6) is -0.591. The molecule has 0 aliphatic heterocycles. The van der Waals surface area contributed by atoms with Crippen molar-refractivity contribution >= 4 is 11.9 Å². The van der Waals surface area contributed by atoms with Crippen LogP contribution in [0.3, 0.4) is 0 Å². The molecule has 0 amide bonds. The van der Waals surface area contributed by atoms with Gasteiger partial charge in [-0.05, 0) is 38.5 Å². The van der Waals surface area contributed by atoms with Crippen molar-refractivity contribution in [1.29, 1.82) is 0 Å². The first-order valence-electron chi connectivity index (χ1n) is 25.2. The highest BCUT2D eigenvalue weighted by molar-refractivity contribution is 5.70. The summed E-state index contributed by atoms with van der Waals surface area (Å²) in [4.78, 5) is 24.0. The zero-order valence-electron chi connectivity index (χ0n) is 37.9. The van der Waals surface area contributed by atoms with Crippen molar-refractivity contribution in [3.05, 3.63) is 12.2 Å². The van der Waals surface area contributed by atoms with Gasteiger partial charge in [-0.2, -0.15) is 0 Å². The number of esters is 2. The van der Waals surface area contributed by atoms with Gasteiger partial charge in [0.2, 0.25) is 0 Å². The maximum Gasteiger partial charge on any atom is 0.306 e. The second-order valence-corrected chi connectivity index (χ2v) is 17.3. The molecule has 0 heterocycles. The van der Waals surface area contributed by atoms with E-state index in [1.54, 1.807) is 0 Å². The van der Waals surface area contributed by atoms with Gasteiger partial charge >= 0.3 is 11.9 Å². The molecule has 0 radical (unpaired) electrons. The summed E-state index contributed by atoms with van der Waals surface area (Å²) < 4.78 is 10.5. The molecule has 0 aromatic heterocycles. The lowest BCUT2D eigenvalue weighted by Gasteiger charge is -2.15. The zero-order valence-corrected chi connectivity index (χ0v) is 37.9. The Bertz CT molecular complexity index is 810. The van der Waals surface area contributed by atoms with Gasteiger partial charge in [0.1, 0.15) is 6.61 Å². The number of carbonyl (C=O) groups excluding carboxylic acids is 2. The van der Waals surface area contributed by atoms with Crippen molar-refractivity contribution in [2.75, 3.05) is 13.2 Å². The summed E-state index contributed by atoms with van der Waals surface area (Å²) >= 11 is 0. The van der Waals surface area contributed by atoms with Crippen LogP contribution in [-0.4, -0.2) is 36.4 Å². The Balaban J connectivity index is 3.28. The van der Waals surface area contributed by atoms with Crippen LogP contribution in [0.25, 0.3) is 0 Å². The van der Waals surface area contributed by atoms with Crippen LogP contribution in [0.2, 0.25) is 0 Å². The van der Waals surface area contributed by atoms with Gasteiger partial charge in [0.25, 0.3) is 0 Å². The molecule has 0 rings (SSSR count). The van der Waals surface area contributed by atoms with E-state index in [1.807, 2.05) is 0 Å². The second-order valence-electron chi connectivity index (χ2n) is 17.3. The average molecular weight is 791 g/mol. The lowest BCUT2D eigenvalue weighted by molar-refractivity contribution is -0.161. The molecule has 1 unspecified atom stereocenters. The zero-order chi connectivity index (χ0) is 40.7. The molecule has 0 aromatic carbocycles. The normalized spacial score (nSPS) is 12.1. The number of aliphatic hydroxyl groups excluding tert-OH is 1. The van der Waals surface area contributed by atoms with Gasteiger partial charge in [0.15, 0.2) is 6.10 Å². The van der Waals surface area contributed by atoms with Gasteiger partial charge < -0.3 is 14.6 Å². The molecular formula is C51H98O5. The van der Waals surface area contributed by atoms with Crippen molar-refractivity contribution in [2.45, 2.75) is 290 Å². The minimum Gasteiger partial charge on any atom is -0.462 e. The number of ether oxygens (including phenoxy) is 2. The molecule has 0 saturated heterocycles. The Morgan fingerprint density at radius 3 is 0.964 bits per heavy atom. The number of hydrogen-bond donors (Lipinski definition) is 1. The van der Waals surface area contributed by atoms with Gasteiger partial charge in [-0.3, -0.25) is 9.59 Å². The van der Waals surface area contributed by atoms with Crippen molar-refractivity contribution in [3.8, 4) is 0 Å². The van der Waals surface area contributed by atoms with Crippen LogP contribution in [0, 0.1) is 0 Å². The molecule has 0 spiro atoms. The predicted octanol–water partition coefficient (Wildman–Crippen LogP) is 16.4. The van der Waals surface area contributed by atoms with Crippen molar-refractivity contribution < 1.29 is 24.2 Å². The Morgan fingerprint density at radius 2 is 0.661 bits per heavy atom. The second kappa shape index (κ2) is 48.0. The summed E-state index contributed by atoms with van der Waals surface area (Å²) in [6, 6.07) is 0. The third kappa shape index (κ3) is 45.3. The standard InChI is InChI=1S/C51H98O5/c1-3-5-7-9-10-11-12-13-14-15-16-17-18-19-20-21-22-23-24-25-26-27-28-29-30-31-32-33-34-35-36-37-38-39-40-42-44-46-51(54)56-49(47-52)48-55-50(53)45-43-41-8-6-4-2/h15-16,49,52H,3-14,17-48H2,1-2H3/b16-15-. The molecule has 0 fully saturated rings. The van der Waals surface area contributed by atoms with Gasteiger partial charge in [0.05, 0.1) is 6.61 Å². The highest BCUT2D eigenvalue weighted by Crippen LogP contribution is 2.17. The van der Waals surface area contributed by atoms with E-state index < -0.39 is 6.10 Å². The van der Waals surface area contributed by atoms with E-state index in [-0.39, 0.29) is 25.2 Å². The fourth-order valence-electron chi connectivity index (χ4n) is 7.73. The fourth-order valence-corrected chi connectivity index (χ4v) is 7.73. The third-order valence-electron chi connectivity index (χ3n) is 11.6. The van der Waals surface area contributed by atoms with Crippen LogP contribution in [0.15, 0.2) is 12.2 Å². The van der Waals surface area contributed by atoms with Gasteiger partial charge in [0, 0.05) is 12.8 Å². The highest BCUT2D eigenvalue weighted by atomic mass is 16.6. The minimum atomic E-state index is -0.761. The Labute approximate surface area is 350 Å². The molecule has 1 atom stereocenters. The van der Waals surface area contributed by atoms with Crippen molar-refractivity contribution in [2.24, 2.45) is 0 Å². The molecule has 0 aliphatic rings. The van der Waals surface area contributed by atoms with Crippen LogP contribution in [0.1, 0.15) is 284 Å². The highest BCUT2D eigenvalue weighted by Gasteiger charge is 2.16. The monoisotopic (exact) mass is 791 g/mol. The van der Waals surface area contributed by atoms with Gasteiger partial charge in [-0.1, -0.05) is 244 Å². The average Bonchev–Trinajstić information content (AvgIpc) is 3.20. The summed E-state index contributed by atoms with van der Waals surface area (Å²) in [5.41, 5.74) is 0. The van der Waals surface area contributed by atoms with Crippen molar-refractivity contribution in [1.82, 2.24) is 0 Å².